The average Bonchev–Trinajstić information content (AvgIpc) is 3.08. The van der Waals surface area contributed by atoms with Gasteiger partial charge in [-0.1, -0.05) is 0 Å². The molecule has 0 amide bonds. The van der Waals surface area contributed by atoms with Crippen LogP contribution < -0.4 is 5.73 Å². The highest BCUT2D eigenvalue weighted by molar-refractivity contribution is 9.10. The fourth-order valence-electron chi connectivity index (χ4n) is 1.95. The fourth-order valence-corrected chi connectivity index (χ4v) is 2.32. The van der Waals surface area contributed by atoms with Gasteiger partial charge in [0.25, 0.3) is 0 Å². The average molecular weight is 285 g/mol. The van der Waals surface area contributed by atoms with E-state index in [-0.39, 0.29) is 11.4 Å². The van der Waals surface area contributed by atoms with Gasteiger partial charge in [0, 0.05) is 22.3 Å². The molecule has 0 aromatic carbocycles. The van der Waals surface area contributed by atoms with Crippen LogP contribution in [0.3, 0.4) is 0 Å². The third-order valence-electron chi connectivity index (χ3n) is 3.12. The summed E-state index contributed by atoms with van der Waals surface area (Å²) >= 11 is 3.37. The van der Waals surface area contributed by atoms with Crippen molar-refractivity contribution in [2.24, 2.45) is 5.73 Å². The number of carbonyl (C=O) groups is 1. The van der Waals surface area contributed by atoms with Crippen molar-refractivity contribution in [2.75, 3.05) is 7.11 Å². The Morgan fingerprint density at radius 3 is 2.81 bits per heavy atom. The molecule has 1 fully saturated rings. The lowest BCUT2D eigenvalue weighted by Crippen LogP contribution is -2.42. The van der Waals surface area contributed by atoms with Crippen LogP contribution in [0.5, 0.6) is 0 Å². The summed E-state index contributed by atoms with van der Waals surface area (Å²) in [5.74, 6) is -0.363. The van der Waals surface area contributed by atoms with Crippen LogP contribution in [0.15, 0.2) is 22.9 Å². The molecule has 1 atom stereocenters. The summed E-state index contributed by atoms with van der Waals surface area (Å²) in [6, 6.07) is 1.36. The highest BCUT2D eigenvalue weighted by atomic mass is 79.9. The van der Waals surface area contributed by atoms with Crippen LogP contribution in [0.2, 0.25) is 0 Å². The first-order valence-electron chi connectivity index (χ1n) is 5.04. The smallest absolute Gasteiger partial charge is 0.323 e. The number of halogens is 1. The molecule has 16 heavy (non-hydrogen) atoms. The summed E-state index contributed by atoms with van der Waals surface area (Å²) < 4.78 is 5.59. The number of hydrogen-bond acceptors (Lipinski definition) is 4. The largest absolute Gasteiger partial charge is 0.468 e. The van der Waals surface area contributed by atoms with E-state index in [1.165, 1.54) is 7.11 Å². The van der Waals surface area contributed by atoms with Gasteiger partial charge in [-0.2, -0.15) is 0 Å². The van der Waals surface area contributed by atoms with Crippen molar-refractivity contribution < 1.29 is 9.53 Å². The Morgan fingerprint density at radius 2 is 2.31 bits per heavy atom. The Bertz CT molecular complexity index is 418. The lowest BCUT2D eigenvalue weighted by molar-refractivity contribution is -0.143. The molecule has 2 rings (SSSR count). The van der Waals surface area contributed by atoms with Crippen LogP contribution in [-0.2, 0) is 14.9 Å². The molecule has 86 valence electrons. The Balaban J connectivity index is 2.29. The maximum absolute atomic E-state index is 11.5. The Morgan fingerprint density at radius 1 is 1.62 bits per heavy atom. The molecule has 1 aliphatic rings. The van der Waals surface area contributed by atoms with Gasteiger partial charge in [-0.15, -0.1) is 0 Å². The first kappa shape index (κ1) is 11.5. The van der Waals surface area contributed by atoms with E-state index in [1.54, 1.807) is 12.4 Å². The van der Waals surface area contributed by atoms with Gasteiger partial charge < -0.3 is 10.5 Å². The number of hydrogen-bond donors (Lipinski definition) is 1. The van der Waals surface area contributed by atoms with E-state index in [9.17, 15) is 4.79 Å². The lowest BCUT2D eigenvalue weighted by Gasteiger charge is -2.21. The van der Waals surface area contributed by atoms with E-state index in [0.29, 0.717) is 0 Å². The molecular formula is C11H13BrN2O2. The highest BCUT2D eigenvalue weighted by Crippen LogP contribution is 2.50. The predicted octanol–water partition coefficient (Wildman–Crippen LogP) is 1.38. The van der Waals surface area contributed by atoms with Crippen LogP contribution in [0, 0.1) is 0 Å². The molecule has 2 N–H and O–H groups in total. The lowest BCUT2D eigenvalue weighted by atomic mass is 9.90. The molecule has 0 saturated heterocycles. The van der Waals surface area contributed by atoms with E-state index in [1.807, 2.05) is 6.07 Å². The quantitative estimate of drug-likeness (QED) is 0.852. The van der Waals surface area contributed by atoms with Crippen molar-refractivity contribution in [3.8, 4) is 0 Å². The van der Waals surface area contributed by atoms with Gasteiger partial charge in [-0.05, 0) is 40.4 Å². The fraction of sp³-hybridized carbons (Fsp3) is 0.455. The minimum Gasteiger partial charge on any atom is -0.468 e. The minimum absolute atomic E-state index is 0.274. The van der Waals surface area contributed by atoms with Gasteiger partial charge in [0.15, 0.2) is 0 Å². The van der Waals surface area contributed by atoms with Gasteiger partial charge in [0.05, 0.1) is 7.11 Å². The van der Waals surface area contributed by atoms with Crippen molar-refractivity contribution in [3.63, 3.8) is 0 Å². The van der Waals surface area contributed by atoms with E-state index < -0.39 is 6.04 Å². The Labute approximate surface area is 102 Å². The maximum Gasteiger partial charge on any atom is 0.323 e. The Kier molecular flexibility index (Phi) is 2.99. The number of nitrogens with two attached hydrogens (primary N) is 1. The number of methoxy groups -OCH3 is 1. The monoisotopic (exact) mass is 284 g/mol. The molecule has 0 bridgehead atoms. The molecule has 1 aliphatic carbocycles. The van der Waals surface area contributed by atoms with Crippen LogP contribution in [0.25, 0.3) is 0 Å². The summed E-state index contributed by atoms with van der Waals surface area (Å²) in [6.45, 7) is 0. The summed E-state index contributed by atoms with van der Waals surface area (Å²) in [5.41, 5.74) is 6.66. The van der Waals surface area contributed by atoms with Crippen LogP contribution in [0.4, 0.5) is 0 Å². The molecule has 1 heterocycles. The zero-order chi connectivity index (χ0) is 11.8. The number of esters is 1. The van der Waals surface area contributed by atoms with E-state index in [4.69, 9.17) is 10.5 Å². The topological polar surface area (TPSA) is 65.2 Å². The normalized spacial score (nSPS) is 18.9. The number of ether oxygens (including phenoxy) is 1. The number of pyridine rings is 1. The summed E-state index contributed by atoms with van der Waals surface area (Å²) in [6.07, 6.45) is 5.28. The summed E-state index contributed by atoms with van der Waals surface area (Å²) in [5, 5.41) is 0. The number of nitrogens with zero attached hydrogens (tertiary/aromatic N) is 1. The predicted molar refractivity (Wildman–Crippen MR) is 62.8 cm³/mol. The van der Waals surface area contributed by atoms with E-state index >= 15 is 0 Å². The van der Waals surface area contributed by atoms with Crippen molar-refractivity contribution in [3.05, 3.63) is 28.5 Å². The standard InChI is InChI=1S/C11H13BrN2O2/c1-16-10(15)9(13)11(2-3-11)7-4-8(12)6-14-5-7/h4-6,9H,2-3,13H2,1H3. The molecule has 4 nitrogen and oxygen atoms in total. The van der Waals surface area contributed by atoms with Gasteiger partial charge in [-0.25, -0.2) is 0 Å². The zero-order valence-electron chi connectivity index (χ0n) is 8.94. The summed E-state index contributed by atoms with van der Waals surface area (Å²) in [7, 11) is 1.36. The number of carbonyl (C=O) groups excluding carboxylic acids is 1. The van der Waals surface area contributed by atoms with Gasteiger partial charge >= 0.3 is 5.97 Å². The SMILES string of the molecule is COC(=O)C(N)C1(c2cncc(Br)c2)CC1. The second-order valence-electron chi connectivity index (χ2n) is 4.05. The molecule has 1 unspecified atom stereocenters. The van der Waals surface area contributed by atoms with Gasteiger partial charge in [0.1, 0.15) is 6.04 Å². The van der Waals surface area contributed by atoms with E-state index in [0.717, 1.165) is 22.9 Å². The third-order valence-corrected chi connectivity index (χ3v) is 3.55. The minimum atomic E-state index is -0.603. The molecule has 1 aromatic heterocycles. The third kappa shape index (κ3) is 1.85. The van der Waals surface area contributed by atoms with Gasteiger partial charge in [-0.3, -0.25) is 9.78 Å². The second-order valence-corrected chi connectivity index (χ2v) is 4.96. The van der Waals surface area contributed by atoms with E-state index in [2.05, 4.69) is 20.9 Å². The van der Waals surface area contributed by atoms with Crippen LogP contribution in [0.1, 0.15) is 18.4 Å². The molecule has 0 spiro atoms. The van der Waals surface area contributed by atoms with Crippen molar-refractivity contribution in [1.29, 1.82) is 0 Å². The van der Waals surface area contributed by atoms with Crippen molar-refractivity contribution in [2.45, 2.75) is 24.3 Å². The Hall–Kier alpha value is -0.940. The maximum atomic E-state index is 11.5. The number of rotatable bonds is 3. The van der Waals surface area contributed by atoms with Gasteiger partial charge in [0.2, 0.25) is 0 Å². The van der Waals surface area contributed by atoms with Crippen molar-refractivity contribution in [1.82, 2.24) is 4.98 Å². The first-order valence-corrected chi connectivity index (χ1v) is 5.84. The van der Waals surface area contributed by atoms with Crippen LogP contribution >= 0.6 is 15.9 Å². The zero-order valence-corrected chi connectivity index (χ0v) is 10.5. The molecule has 0 aliphatic heterocycles. The highest BCUT2D eigenvalue weighted by Gasteiger charge is 2.53. The first-order chi connectivity index (χ1) is 7.60. The number of aromatic nitrogens is 1. The molecule has 0 radical (unpaired) electrons. The van der Waals surface area contributed by atoms with Crippen LogP contribution in [-0.4, -0.2) is 24.1 Å². The molecular weight excluding hydrogens is 272 g/mol. The second kappa shape index (κ2) is 4.14. The van der Waals surface area contributed by atoms with Crippen molar-refractivity contribution >= 4 is 21.9 Å². The molecule has 1 saturated carbocycles. The molecule has 5 heteroatoms. The summed E-state index contributed by atoms with van der Waals surface area (Å²) in [4.78, 5) is 15.6. The molecule has 1 aromatic rings.